The van der Waals surface area contributed by atoms with Gasteiger partial charge in [-0.3, -0.25) is 0 Å². The van der Waals surface area contributed by atoms with E-state index in [4.69, 9.17) is 16.3 Å². The fourth-order valence-corrected chi connectivity index (χ4v) is 5.97. The van der Waals surface area contributed by atoms with Gasteiger partial charge in [0.1, 0.15) is 23.7 Å². The van der Waals surface area contributed by atoms with Gasteiger partial charge in [0.2, 0.25) is 11.9 Å². The molecule has 3 aromatic rings. The number of alkyl halides is 2. The summed E-state index contributed by atoms with van der Waals surface area (Å²) in [6.45, 7) is 3.94. The number of nitrogens with one attached hydrogen (secondary N) is 1. The molecular formula is C25H27ClF3N7O. The maximum atomic E-state index is 13.6. The number of benzene rings is 1. The molecule has 12 heteroatoms. The Morgan fingerprint density at radius 3 is 2.57 bits per heavy atom. The lowest BCUT2D eigenvalue weighted by molar-refractivity contribution is -0.115. The Morgan fingerprint density at radius 2 is 1.89 bits per heavy atom. The van der Waals surface area contributed by atoms with Crippen LogP contribution in [0.3, 0.4) is 0 Å². The molecule has 8 nitrogen and oxygen atoms in total. The minimum absolute atomic E-state index is 0.0808. The maximum Gasteiger partial charge on any atom is 0.322 e. The van der Waals surface area contributed by atoms with Crippen molar-refractivity contribution in [3.05, 3.63) is 47.1 Å². The summed E-state index contributed by atoms with van der Waals surface area (Å²) in [5.74, 6) is -1.03. The highest BCUT2D eigenvalue weighted by Gasteiger charge is 2.46. The van der Waals surface area contributed by atoms with E-state index in [0.717, 1.165) is 37.4 Å². The van der Waals surface area contributed by atoms with Crippen molar-refractivity contribution in [2.75, 3.05) is 23.3 Å². The van der Waals surface area contributed by atoms with E-state index < -0.39 is 11.7 Å². The second-order valence-electron chi connectivity index (χ2n) is 10.4. The number of nitrogens with zero attached hydrogens (tertiary/aromatic N) is 6. The number of hydrogen-bond acceptors (Lipinski definition) is 7. The summed E-state index contributed by atoms with van der Waals surface area (Å²) < 4.78 is 47.9. The van der Waals surface area contributed by atoms with E-state index in [1.165, 1.54) is 22.9 Å². The van der Waals surface area contributed by atoms with Crippen LogP contribution in [0.1, 0.15) is 31.4 Å². The van der Waals surface area contributed by atoms with Gasteiger partial charge in [0, 0.05) is 56.3 Å². The van der Waals surface area contributed by atoms with Crippen molar-refractivity contribution in [1.82, 2.24) is 24.7 Å². The van der Waals surface area contributed by atoms with E-state index >= 15 is 0 Å². The smallest absolute Gasteiger partial charge is 0.322 e. The Hall–Kier alpha value is -3.08. The predicted molar refractivity (Wildman–Crippen MR) is 132 cm³/mol. The normalized spacial score (nSPS) is 24.7. The SMILES string of the molecule is Cc1cc(N2C[C@H]3CC[C@@H](C2)C3Nc2nc(Oc3ccc(F)c(Cl)c3)n(CC3CC(F)(F)C3)n2)ncn1. The number of aromatic nitrogens is 5. The standard InChI is InChI=1S/C25H27ClF3N7O/c1-14-6-21(31-13-30-14)35-11-16-2-3-17(12-35)22(16)32-23-33-24(37-18-4-5-20(27)19(26)7-18)36(34-23)10-15-8-25(28,29)9-15/h4-7,13,15-17,22H,2-3,8-12H2,1H3,(H,32,34)/t16-,17+,22?. The molecule has 1 saturated heterocycles. The molecular weight excluding hydrogens is 507 g/mol. The van der Waals surface area contributed by atoms with Crippen LogP contribution in [0.15, 0.2) is 30.6 Å². The van der Waals surface area contributed by atoms with Crippen LogP contribution in [-0.4, -0.2) is 49.8 Å². The van der Waals surface area contributed by atoms with E-state index in [2.05, 4.69) is 30.3 Å². The Bertz CT molecular complexity index is 1280. The van der Waals surface area contributed by atoms with Crippen molar-refractivity contribution in [1.29, 1.82) is 0 Å². The Kier molecular flexibility index (Phi) is 6.13. The minimum atomic E-state index is -2.63. The van der Waals surface area contributed by atoms with Crippen LogP contribution < -0.4 is 15.0 Å². The average molecular weight is 534 g/mol. The first-order valence-corrected chi connectivity index (χ1v) is 12.9. The van der Waals surface area contributed by atoms with Gasteiger partial charge in [-0.15, -0.1) is 5.10 Å². The second-order valence-corrected chi connectivity index (χ2v) is 10.8. The van der Waals surface area contributed by atoms with Crippen molar-refractivity contribution in [2.24, 2.45) is 17.8 Å². The lowest BCUT2D eigenvalue weighted by Gasteiger charge is -2.38. The monoisotopic (exact) mass is 533 g/mol. The molecule has 1 aliphatic heterocycles. The summed E-state index contributed by atoms with van der Waals surface area (Å²) >= 11 is 5.90. The molecule has 3 heterocycles. The van der Waals surface area contributed by atoms with E-state index in [1.807, 2.05) is 13.0 Å². The zero-order valence-corrected chi connectivity index (χ0v) is 21.0. The molecule has 2 aliphatic carbocycles. The number of hydrogen-bond donors (Lipinski definition) is 1. The first-order valence-electron chi connectivity index (χ1n) is 12.5. The van der Waals surface area contributed by atoms with Gasteiger partial charge in [-0.05, 0) is 49.7 Å². The number of halogens is 4. The number of piperidine rings is 1. The van der Waals surface area contributed by atoms with Crippen molar-refractivity contribution in [3.63, 3.8) is 0 Å². The van der Waals surface area contributed by atoms with Crippen LogP contribution in [0.25, 0.3) is 0 Å². The summed E-state index contributed by atoms with van der Waals surface area (Å²) in [6.07, 6.45) is 3.38. The fraction of sp³-hybridized carbons (Fsp3) is 0.520. The van der Waals surface area contributed by atoms with Gasteiger partial charge in [0.15, 0.2) is 0 Å². The summed E-state index contributed by atoms with van der Waals surface area (Å²) in [5.41, 5.74) is 0.937. The van der Waals surface area contributed by atoms with Gasteiger partial charge >= 0.3 is 6.01 Å². The molecule has 0 spiro atoms. The van der Waals surface area contributed by atoms with Gasteiger partial charge < -0.3 is 15.0 Å². The second kappa shape index (κ2) is 9.34. The number of fused-ring (bicyclic) bond motifs is 2. The quantitative estimate of drug-likeness (QED) is 0.439. The molecule has 3 atom stereocenters. The molecule has 2 saturated carbocycles. The number of ether oxygens (including phenoxy) is 1. The van der Waals surface area contributed by atoms with Crippen LogP contribution in [0.4, 0.5) is 24.9 Å². The molecule has 0 radical (unpaired) electrons. The molecule has 3 fully saturated rings. The van der Waals surface area contributed by atoms with E-state index in [1.54, 1.807) is 6.33 Å². The van der Waals surface area contributed by atoms with Gasteiger partial charge in [-0.2, -0.15) is 4.98 Å². The zero-order chi connectivity index (χ0) is 25.7. The Balaban J connectivity index is 1.20. The van der Waals surface area contributed by atoms with Crippen LogP contribution in [-0.2, 0) is 6.54 Å². The lowest BCUT2D eigenvalue weighted by atomic mass is 9.81. The first kappa shape index (κ1) is 24.3. The highest BCUT2D eigenvalue weighted by atomic mass is 35.5. The number of rotatable bonds is 7. The fourth-order valence-electron chi connectivity index (χ4n) is 5.80. The van der Waals surface area contributed by atoms with Crippen molar-refractivity contribution in [3.8, 4) is 11.8 Å². The molecule has 1 N–H and O–H groups in total. The summed E-state index contributed by atoms with van der Waals surface area (Å²) in [4.78, 5) is 15.5. The molecule has 196 valence electrons. The molecule has 6 rings (SSSR count). The highest BCUT2D eigenvalue weighted by molar-refractivity contribution is 6.30. The average Bonchev–Trinajstić information content (AvgIpc) is 3.29. The summed E-state index contributed by atoms with van der Waals surface area (Å²) in [5, 5.41) is 8.00. The van der Waals surface area contributed by atoms with E-state index in [0.29, 0.717) is 23.5 Å². The maximum absolute atomic E-state index is 13.6. The van der Waals surface area contributed by atoms with E-state index in [-0.39, 0.29) is 42.4 Å². The largest absolute Gasteiger partial charge is 0.424 e. The molecule has 0 amide bonds. The Morgan fingerprint density at radius 1 is 1.14 bits per heavy atom. The van der Waals surface area contributed by atoms with Crippen molar-refractivity contribution in [2.45, 2.75) is 51.1 Å². The third-order valence-electron chi connectivity index (χ3n) is 7.59. The number of aryl methyl sites for hydroxylation is 1. The van der Waals surface area contributed by atoms with Crippen LogP contribution >= 0.6 is 11.6 Å². The van der Waals surface area contributed by atoms with Gasteiger partial charge in [-0.25, -0.2) is 27.8 Å². The molecule has 2 aromatic heterocycles. The molecule has 37 heavy (non-hydrogen) atoms. The van der Waals surface area contributed by atoms with Crippen molar-refractivity contribution >= 4 is 23.4 Å². The number of anilines is 2. The third-order valence-corrected chi connectivity index (χ3v) is 7.88. The zero-order valence-electron chi connectivity index (χ0n) is 20.2. The topological polar surface area (TPSA) is 81.0 Å². The molecule has 1 unspecified atom stereocenters. The third kappa shape index (κ3) is 5.05. The highest BCUT2D eigenvalue weighted by Crippen LogP contribution is 2.44. The van der Waals surface area contributed by atoms with Gasteiger partial charge in [-0.1, -0.05) is 11.6 Å². The molecule has 1 aromatic carbocycles. The van der Waals surface area contributed by atoms with Gasteiger partial charge in [0.25, 0.3) is 0 Å². The van der Waals surface area contributed by atoms with Gasteiger partial charge in [0.05, 0.1) is 5.02 Å². The lowest BCUT2D eigenvalue weighted by Crippen LogP contribution is -2.48. The minimum Gasteiger partial charge on any atom is -0.424 e. The molecule has 3 aliphatic rings. The summed E-state index contributed by atoms with van der Waals surface area (Å²) in [6, 6.07) is 6.33. The molecule has 2 bridgehead atoms. The Labute approximate surface area is 217 Å². The predicted octanol–water partition coefficient (Wildman–Crippen LogP) is 5.33. The van der Waals surface area contributed by atoms with Crippen molar-refractivity contribution < 1.29 is 17.9 Å². The van der Waals surface area contributed by atoms with E-state index in [9.17, 15) is 13.2 Å². The van der Waals surface area contributed by atoms with Crippen LogP contribution in [0, 0.1) is 30.5 Å². The first-order chi connectivity index (χ1) is 17.7. The van der Waals surface area contributed by atoms with Crippen LogP contribution in [0.5, 0.6) is 11.8 Å². The summed E-state index contributed by atoms with van der Waals surface area (Å²) in [7, 11) is 0. The van der Waals surface area contributed by atoms with Crippen LogP contribution in [0.2, 0.25) is 5.02 Å².